The average Bonchev–Trinajstić information content (AvgIpc) is 2.72. The van der Waals surface area contributed by atoms with Gasteiger partial charge in [-0.3, -0.25) is 4.79 Å². The van der Waals surface area contributed by atoms with Crippen LogP contribution in [0.15, 0.2) is 11.4 Å². The Labute approximate surface area is 122 Å². The van der Waals surface area contributed by atoms with Crippen LogP contribution in [0.4, 0.5) is 18.0 Å². The fraction of sp³-hybridized carbons (Fsp3) is 0.500. The fourth-order valence-electron chi connectivity index (χ4n) is 2.45. The van der Waals surface area contributed by atoms with Gasteiger partial charge in [-0.15, -0.1) is 11.3 Å². The van der Waals surface area contributed by atoms with E-state index in [0.717, 1.165) is 18.3 Å². The van der Waals surface area contributed by atoms with Gasteiger partial charge in [-0.25, -0.2) is 4.79 Å². The zero-order valence-electron chi connectivity index (χ0n) is 11.1. The average molecular weight is 322 g/mol. The second-order valence-corrected chi connectivity index (χ2v) is 5.84. The SMILES string of the molecule is CC(=O)[C@H]1[C@@H](c2sccc2C)NC(=O)N[C@]1(O)C(F)(F)F. The van der Waals surface area contributed by atoms with E-state index in [4.69, 9.17) is 0 Å². The van der Waals surface area contributed by atoms with E-state index >= 15 is 0 Å². The van der Waals surface area contributed by atoms with Gasteiger partial charge in [0, 0.05) is 4.88 Å². The van der Waals surface area contributed by atoms with Gasteiger partial charge >= 0.3 is 12.2 Å². The molecule has 1 fully saturated rings. The molecule has 1 aliphatic heterocycles. The van der Waals surface area contributed by atoms with Crippen LogP contribution in [0.25, 0.3) is 0 Å². The number of amides is 2. The third-order valence-electron chi connectivity index (χ3n) is 3.43. The number of hydrogen-bond acceptors (Lipinski definition) is 4. The lowest BCUT2D eigenvalue weighted by Crippen LogP contribution is -2.72. The Bertz CT molecular complexity index is 587. The van der Waals surface area contributed by atoms with Gasteiger partial charge in [0.2, 0.25) is 5.72 Å². The van der Waals surface area contributed by atoms with E-state index in [1.807, 2.05) is 0 Å². The number of aryl methyl sites for hydroxylation is 1. The summed E-state index contributed by atoms with van der Waals surface area (Å²) in [5, 5.41) is 15.3. The molecule has 0 unspecified atom stereocenters. The number of ketones is 1. The number of thiophene rings is 1. The van der Waals surface area contributed by atoms with E-state index in [0.29, 0.717) is 10.4 Å². The minimum atomic E-state index is -5.18. The quantitative estimate of drug-likeness (QED) is 0.778. The number of hydrogen-bond donors (Lipinski definition) is 3. The molecule has 2 heterocycles. The van der Waals surface area contributed by atoms with Crippen LogP contribution >= 0.6 is 11.3 Å². The molecule has 9 heteroatoms. The van der Waals surface area contributed by atoms with E-state index in [1.165, 1.54) is 5.32 Å². The number of carbonyl (C=O) groups excluding carboxylic acids is 2. The van der Waals surface area contributed by atoms with Crippen molar-refractivity contribution in [2.45, 2.75) is 31.8 Å². The molecule has 3 atom stereocenters. The number of rotatable bonds is 2. The molecule has 0 radical (unpaired) electrons. The van der Waals surface area contributed by atoms with Gasteiger partial charge in [-0.2, -0.15) is 13.2 Å². The first kappa shape index (κ1) is 15.8. The monoisotopic (exact) mass is 322 g/mol. The second kappa shape index (κ2) is 4.99. The molecule has 116 valence electrons. The Hall–Kier alpha value is -1.61. The molecule has 3 N–H and O–H groups in total. The van der Waals surface area contributed by atoms with Crippen molar-refractivity contribution in [3.63, 3.8) is 0 Å². The minimum absolute atomic E-state index is 0.410. The summed E-state index contributed by atoms with van der Waals surface area (Å²) in [7, 11) is 0. The van der Waals surface area contributed by atoms with Crippen LogP contribution in [0.3, 0.4) is 0 Å². The van der Waals surface area contributed by atoms with Gasteiger partial charge in [0.05, 0.1) is 12.0 Å². The highest BCUT2D eigenvalue weighted by molar-refractivity contribution is 7.10. The first-order valence-corrected chi connectivity index (χ1v) is 6.88. The van der Waals surface area contributed by atoms with Crippen molar-refractivity contribution in [1.82, 2.24) is 10.6 Å². The van der Waals surface area contributed by atoms with Gasteiger partial charge in [0.1, 0.15) is 5.78 Å². The first-order chi connectivity index (χ1) is 9.58. The van der Waals surface area contributed by atoms with Crippen molar-refractivity contribution < 1.29 is 27.9 Å². The number of Topliss-reactive ketones (excluding diaryl/α,β-unsaturated/α-hetero) is 1. The second-order valence-electron chi connectivity index (χ2n) is 4.90. The topological polar surface area (TPSA) is 78.4 Å². The Morgan fingerprint density at radius 1 is 1.48 bits per heavy atom. The van der Waals surface area contributed by atoms with Crippen molar-refractivity contribution in [2.24, 2.45) is 5.92 Å². The van der Waals surface area contributed by atoms with Gasteiger partial charge < -0.3 is 15.7 Å². The lowest BCUT2D eigenvalue weighted by Gasteiger charge is -2.44. The van der Waals surface area contributed by atoms with Crippen molar-refractivity contribution in [2.75, 3.05) is 0 Å². The Kier molecular flexibility index (Phi) is 3.75. The summed E-state index contributed by atoms with van der Waals surface area (Å²) in [5.41, 5.74) is -2.95. The maximum atomic E-state index is 13.2. The molecule has 21 heavy (non-hydrogen) atoms. The molecule has 5 nitrogen and oxygen atoms in total. The molecular formula is C12H13F3N2O3S. The highest BCUT2D eigenvalue weighted by Gasteiger charge is 2.65. The van der Waals surface area contributed by atoms with Gasteiger partial charge in [0.15, 0.2) is 0 Å². The molecule has 0 aliphatic carbocycles. The number of nitrogens with one attached hydrogen (secondary N) is 2. The van der Waals surface area contributed by atoms with Crippen molar-refractivity contribution in [1.29, 1.82) is 0 Å². The van der Waals surface area contributed by atoms with Gasteiger partial charge in [0.25, 0.3) is 0 Å². The Morgan fingerprint density at radius 3 is 2.52 bits per heavy atom. The molecule has 2 amide bonds. The number of halogens is 3. The molecular weight excluding hydrogens is 309 g/mol. The molecule has 0 spiro atoms. The molecule has 1 aliphatic rings. The van der Waals surface area contributed by atoms with Crippen LogP contribution in [-0.2, 0) is 4.79 Å². The van der Waals surface area contributed by atoms with Gasteiger partial charge in [-0.1, -0.05) is 0 Å². The molecule has 1 aromatic heterocycles. The molecule has 1 saturated heterocycles. The van der Waals surface area contributed by atoms with Crippen molar-refractivity contribution >= 4 is 23.2 Å². The van der Waals surface area contributed by atoms with Crippen LogP contribution in [-0.4, -0.2) is 28.8 Å². The molecule has 2 rings (SSSR count). The zero-order valence-corrected chi connectivity index (χ0v) is 11.9. The molecule has 1 aromatic rings. The standard InChI is InChI=1S/C12H13F3N2O3S/c1-5-3-4-21-9(5)8-7(6(2)18)11(20,12(13,14)15)17-10(19)16-8/h3-4,7-8,20H,1-2H3,(H2,16,17,19)/t7-,8-,11+/m0/s1. The summed E-state index contributed by atoms with van der Waals surface area (Å²) in [6.45, 7) is 2.61. The summed E-state index contributed by atoms with van der Waals surface area (Å²) in [5.74, 6) is -2.74. The van der Waals surface area contributed by atoms with Crippen LogP contribution < -0.4 is 10.6 Å². The van der Waals surface area contributed by atoms with E-state index in [1.54, 1.807) is 18.4 Å². The van der Waals surface area contributed by atoms with Gasteiger partial charge in [-0.05, 0) is 30.9 Å². The first-order valence-electron chi connectivity index (χ1n) is 6.00. The predicted molar refractivity (Wildman–Crippen MR) is 68.6 cm³/mol. The Balaban J connectivity index is 2.57. The zero-order chi connectivity index (χ0) is 16.0. The summed E-state index contributed by atoms with van der Waals surface area (Å²) in [6, 6.07) is -0.745. The predicted octanol–water partition coefficient (Wildman–Crippen LogP) is 1.87. The number of aliphatic hydroxyl groups is 1. The highest BCUT2D eigenvalue weighted by Crippen LogP contribution is 2.44. The van der Waals surface area contributed by atoms with Crippen LogP contribution in [0.2, 0.25) is 0 Å². The van der Waals surface area contributed by atoms with Crippen molar-refractivity contribution in [3.05, 3.63) is 21.9 Å². The third kappa shape index (κ3) is 2.51. The number of carbonyl (C=O) groups is 2. The van der Waals surface area contributed by atoms with Crippen LogP contribution in [0, 0.1) is 12.8 Å². The van der Waals surface area contributed by atoms with E-state index in [-0.39, 0.29) is 0 Å². The lowest BCUT2D eigenvalue weighted by atomic mass is 9.81. The van der Waals surface area contributed by atoms with E-state index < -0.39 is 35.7 Å². The Morgan fingerprint density at radius 2 is 2.10 bits per heavy atom. The largest absolute Gasteiger partial charge is 0.437 e. The van der Waals surface area contributed by atoms with Crippen LogP contribution in [0.1, 0.15) is 23.4 Å². The van der Waals surface area contributed by atoms with E-state index in [9.17, 15) is 27.9 Å². The molecule has 0 aromatic carbocycles. The van der Waals surface area contributed by atoms with Crippen LogP contribution in [0.5, 0.6) is 0 Å². The van der Waals surface area contributed by atoms with E-state index in [2.05, 4.69) is 5.32 Å². The summed E-state index contributed by atoms with van der Waals surface area (Å²) in [6.07, 6.45) is -5.18. The highest BCUT2D eigenvalue weighted by atomic mass is 32.1. The summed E-state index contributed by atoms with van der Waals surface area (Å²) >= 11 is 1.12. The lowest BCUT2D eigenvalue weighted by molar-refractivity contribution is -0.290. The molecule has 0 saturated carbocycles. The normalized spacial score (nSPS) is 29.7. The summed E-state index contributed by atoms with van der Waals surface area (Å²) in [4.78, 5) is 23.7. The third-order valence-corrected chi connectivity index (χ3v) is 4.53. The van der Waals surface area contributed by atoms with Crippen molar-refractivity contribution in [3.8, 4) is 0 Å². The number of alkyl halides is 3. The maximum absolute atomic E-state index is 13.2. The molecule has 0 bridgehead atoms. The fourth-order valence-corrected chi connectivity index (χ4v) is 3.46. The minimum Gasteiger partial charge on any atom is -0.363 e. The smallest absolute Gasteiger partial charge is 0.363 e. The number of urea groups is 1. The summed E-state index contributed by atoms with van der Waals surface area (Å²) < 4.78 is 39.6. The maximum Gasteiger partial charge on any atom is 0.437 e.